The van der Waals surface area contributed by atoms with Crippen molar-refractivity contribution in [1.82, 2.24) is 4.57 Å². The summed E-state index contributed by atoms with van der Waals surface area (Å²) in [6.45, 7) is 0.505. The largest absolute Gasteiger partial charge is 0.495 e. The summed E-state index contributed by atoms with van der Waals surface area (Å²) in [5.41, 5.74) is 7.81. The maximum atomic E-state index is 5.71. The highest BCUT2D eigenvalue weighted by Gasteiger charge is 2.08. The zero-order valence-electron chi connectivity index (χ0n) is 8.68. The SMILES string of the molecule is COc1cccc(CN)c1-n1cccc1. The molecule has 2 aromatic rings. The molecule has 1 aromatic heterocycles. The predicted octanol–water partition coefficient (Wildman–Crippen LogP) is 1.94. The summed E-state index contributed by atoms with van der Waals surface area (Å²) >= 11 is 0. The standard InChI is InChI=1S/C12H14N2O/c1-15-11-6-4-5-10(9-13)12(11)14-7-2-3-8-14/h2-8H,9,13H2,1H3. The third kappa shape index (κ3) is 1.74. The van der Waals surface area contributed by atoms with Crippen LogP contribution in [0.2, 0.25) is 0 Å². The molecular weight excluding hydrogens is 188 g/mol. The Balaban J connectivity index is 2.61. The van der Waals surface area contributed by atoms with Crippen LogP contribution in [0.15, 0.2) is 42.7 Å². The van der Waals surface area contributed by atoms with Crippen molar-refractivity contribution in [3.8, 4) is 11.4 Å². The molecule has 0 unspecified atom stereocenters. The van der Waals surface area contributed by atoms with E-state index in [4.69, 9.17) is 10.5 Å². The molecule has 0 spiro atoms. The number of benzene rings is 1. The lowest BCUT2D eigenvalue weighted by molar-refractivity contribution is 0.412. The Bertz CT molecular complexity index is 413. The first-order chi connectivity index (χ1) is 7.36. The number of hydrogen-bond acceptors (Lipinski definition) is 2. The second-order valence-corrected chi connectivity index (χ2v) is 3.26. The van der Waals surface area contributed by atoms with E-state index < -0.39 is 0 Å². The van der Waals surface area contributed by atoms with Gasteiger partial charge in [-0.3, -0.25) is 0 Å². The van der Waals surface area contributed by atoms with Crippen molar-refractivity contribution in [1.29, 1.82) is 0 Å². The van der Waals surface area contributed by atoms with E-state index in [1.165, 1.54) is 0 Å². The van der Waals surface area contributed by atoms with E-state index in [0.717, 1.165) is 17.0 Å². The van der Waals surface area contributed by atoms with Gasteiger partial charge in [-0.05, 0) is 23.8 Å². The molecule has 1 aromatic carbocycles. The van der Waals surface area contributed by atoms with Crippen LogP contribution in [0, 0.1) is 0 Å². The average molecular weight is 202 g/mol. The van der Waals surface area contributed by atoms with E-state index >= 15 is 0 Å². The lowest BCUT2D eigenvalue weighted by Crippen LogP contribution is -2.05. The second-order valence-electron chi connectivity index (χ2n) is 3.26. The van der Waals surface area contributed by atoms with Crippen molar-refractivity contribution in [2.24, 2.45) is 5.73 Å². The molecule has 3 nitrogen and oxygen atoms in total. The molecule has 15 heavy (non-hydrogen) atoms. The number of nitrogens with zero attached hydrogens (tertiary/aromatic N) is 1. The molecule has 0 atom stereocenters. The number of hydrogen-bond donors (Lipinski definition) is 1. The maximum absolute atomic E-state index is 5.71. The molecule has 0 radical (unpaired) electrons. The fourth-order valence-electron chi connectivity index (χ4n) is 1.67. The first-order valence-electron chi connectivity index (χ1n) is 4.86. The minimum absolute atomic E-state index is 0.505. The monoisotopic (exact) mass is 202 g/mol. The van der Waals surface area contributed by atoms with Gasteiger partial charge in [0.1, 0.15) is 5.75 Å². The average Bonchev–Trinajstić information content (AvgIpc) is 2.81. The Kier molecular flexibility index (Phi) is 2.74. The van der Waals surface area contributed by atoms with Crippen molar-refractivity contribution in [2.45, 2.75) is 6.54 Å². The van der Waals surface area contributed by atoms with Crippen LogP contribution in [-0.2, 0) is 6.54 Å². The summed E-state index contributed by atoms with van der Waals surface area (Å²) in [7, 11) is 1.67. The van der Waals surface area contributed by atoms with E-state index in [1.807, 2.05) is 47.3 Å². The summed E-state index contributed by atoms with van der Waals surface area (Å²) in [4.78, 5) is 0. The molecule has 0 aliphatic carbocycles. The number of nitrogens with two attached hydrogens (primary N) is 1. The van der Waals surface area contributed by atoms with Crippen LogP contribution in [0.25, 0.3) is 5.69 Å². The molecule has 3 heteroatoms. The van der Waals surface area contributed by atoms with Crippen LogP contribution in [0.5, 0.6) is 5.75 Å². The van der Waals surface area contributed by atoms with Crippen LogP contribution in [-0.4, -0.2) is 11.7 Å². The van der Waals surface area contributed by atoms with E-state index in [0.29, 0.717) is 6.54 Å². The summed E-state index contributed by atoms with van der Waals surface area (Å²) in [6.07, 6.45) is 3.97. The van der Waals surface area contributed by atoms with Crippen molar-refractivity contribution < 1.29 is 4.74 Å². The van der Waals surface area contributed by atoms with Crippen molar-refractivity contribution in [2.75, 3.05) is 7.11 Å². The van der Waals surface area contributed by atoms with Gasteiger partial charge in [0.05, 0.1) is 12.8 Å². The van der Waals surface area contributed by atoms with Crippen molar-refractivity contribution >= 4 is 0 Å². The smallest absolute Gasteiger partial charge is 0.143 e. The number of methoxy groups -OCH3 is 1. The Hall–Kier alpha value is -1.74. The molecule has 0 aliphatic heterocycles. The van der Waals surface area contributed by atoms with Gasteiger partial charge in [0.25, 0.3) is 0 Å². The molecule has 2 N–H and O–H groups in total. The normalized spacial score (nSPS) is 10.3. The number of aromatic nitrogens is 1. The fraction of sp³-hybridized carbons (Fsp3) is 0.167. The van der Waals surface area contributed by atoms with Crippen molar-refractivity contribution in [3.63, 3.8) is 0 Å². The summed E-state index contributed by atoms with van der Waals surface area (Å²) in [5, 5.41) is 0. The topological polar surface area (TPSA) is 40.2 Å². The van der Waals surface area contributed by atoms with Gasteiger partial charge >= 0.3 is 0 Å². The van der Waals surface area contributed by atoms with E-state index in [9.17, 15) is 0 Å². The summed E-state index contributed by atoms with van der Waals surface area (Å²) < 4.78 is 7.35. The Morgan fingerprint density at radius 2 is 1.93 bits per heavy atom. The Morgan fingerprint density at radius 1 is 1.20 bits per heavy atom. The van der Waals surface area contributed by atoms with Crippen molar-refractivity contribution in [3.05, 3.63) is 48.3 Å². The molecule has 1 heterocycles. The van der Waals surface area contributed by atoms with Gasteiger partial charge in [0.15, 0.2) is 0 Å². The van der Waals surface area contributed by atoms with Crippen LogP contribution < -0.4 is 10.5 Å². The molecule has 0 aliphatic rings. The third-order valence-electron chi connectivity index (χ3n) is 2.39. The lowest BCUT2D eigenvalue weighted by Gasteiger charge is -2.13. The van der Waals surface area contributed by atoms with Crippen LogP contribution in [0.3, 0.4) is 0 Å². The zero-order valence-corrected chi connectivity index (χ0v) is 8.68. The molecule has 0 saturated carbocycles. The lowest BCUT2D eigenvalue weighted by atomic mass is 10.1. The fourth-order valence-corrected chi connectivity index (χ4v) is 1.67. The molecule has 0 saturated heterocycles. The van der Waals surface area contributed by atoms with Crippen LogP contribution >= 0.6 is 0 Å². The van der Waals surface area contributed by atoms with Crippen LogP contribution in [0.1, 0.15) is 5.56 Å². The third-order valence-corrected chi connectivity index (χ3v) is 2.39. The molecule has 0 amide bonds. The number of para-hydroxylation sites is 1. The van der Waals surface area contributed by atoms with Gasteiger partial charge in [-0.25, -0.2) is 0 Å². The van der Waals surface area contributed by atoms with Gasteiger partial charge in [0.2, 0.25) is 0 Å². The van der Waals surface area contributed by atoms with E-state index in [2.05, 4.69) is 0 Å². The highest BCUT2D eigenvalue weighted by molar-refractivity contribution is 5.53. The first-order valence-corrected chi connectivity index (χ1v) is 4.86. The quantitative estimate of drug-likeness (QED) is 0.826. The van der Waals surface area contributed by atoms with Gasteiger partial charge < -0.3 is 15.0 Å². The van der Waals surface area contributed by atoms with Crippen LogP contribution in [0.4, 0.5) is 0 Å². The highest BCUT2D eigenvalue weighted by Crippen LogP contribution is 2.26. The molecular formula is C12H14N2O. The maximum Gasteiger partial charge on any atom is 0.143 e. The zero-order chi connectivity index (χ0) is 10.7. The Labute approximate surface area is 89.1 Å². The number of rotatable bonds is 3. The van der Waals surface area contributed by atoms with E-state index in [1.54, 1.807) is 7.11 Å². The minimum Gasteiger partial charge on any atom is -0.495 e. The number of ether oxygens (including phenoxy) is 1. The summed E-state index contributed by atoms with van der Waals surface area (Å²) in [6, 6.07) is 9.86. The second kappa shape index (κ2) is 4.19. The summed E-state index contributed by atoms with van der Waals surface area (Å²) in [5.74, 6) is 0.842. The highest BCUT2D eigenvalue weighted by atomic mass is 16.5. The first kappa shape index (κ1) is 9.80. The minimum atomic E-state index is 0.505. The van der Waals surface area contributed by atoms with Gasteiger partial charge in [-0.15, -0.1) is 0 Å². The molecule has 0 fully saturated rings. The van der Waals surface area contributed by atoms with Gasteiger partial charge in [-0.1, -0.05) is 12.1 Å². The predicted molar refractivity (Wildman–Crippen MR) is 60.2 cm³/mol. The molecule has 78 valence electrons. The molecule has 0 bridgehead atoms. The molecule has 2 rings (SSSR count). The Morgan fingerprint density at radius 3 is 2.53 bits per heavy atom. The van der Waals surface area contributed by atoms with E-state index in [-0.39, 0.29) is 0 Å². The van der Waals surface area contributed by atoms with Gasteiger partial charge in [-0.2, -0.15) is 0 Å². The van der Waals surface area contributed by atoms with Gasteiger partial charge in [0, 0.05) is 18.9 Å².